The third kappa shape index (κ3) is 5.17. The summed E-state index contributed by atoms with van der Waals surface area (Å²) < 4.78 is 11.3. The third-order valence-corrected chi connectivity index (χ3v) is 12.1. The number of aryl methyl sites for hydroxylation is 1. The highest BCUT2D eigenvalue weighted by atomic mass is 32.1. The Morgan fingerprint density at radius 3 is 2.16 bits per heavy atom. The monoisotopic (exact) mass is 726 g/mol. The number of furan rings is 1. The summed E-state index contributed by atoms with van der Waals surface area (Å²) in [5.74, 6) is 1.85. The molecule has 0 saturated heterocycles. The normalized spacial score (nSPS) is 11.9. The first kappa shape index (κ1) is 31.9. The number of fused-ring (bicyclic) bond motifs is 9. The highest BCUT2D eigenvalue weighted by Gasteiger charge is 2.21. The summed E-state index contributed by atoms with van der Waals surface area (Å²) in [5, 5.41) is 6.99. The molecule has 0 saturated carbocycles. The topological polar surface area (TPSA) is 56.7 Å². The van der Waals surface area contributed by atoms with Crippen LogP contribution >= 0.6 is 11.3 Å². The van der Waals surface area contributed by atoms with Crippen LogP contribution in [-0.4, -0.2) is 19.5 Å². The number of thiophene rings is 1. The number of benzene rings is 7. The molecule has 11 aromatic rings. The second-order valence-corrected chi connectivity index (χ2v) is 15.3. The number of nitrogens with zero attached hydrogens (tertiary/aromatic N) is 4. The average Bonchev–Trinajstić information content (AvgIpc) is 3.92. The summed E-state index contributed by atoms with van der Waals surface area (Å²) >= 11 is 1.78. The first-order chi connectivity index (χ1) is 27.2. The zero-order valence-corrected chi connectivity index (χ0v) is 31.0. The minimum atomic E-state index is 0.576. The van der Waals surface area contributed by atoms with E-state index >= 15 is 0 Å². The van der Waals surface area contributed by atoms with Crippen molar-refractivity contribution >= 4 is 75.3 Å². The van der Waals surface area contributed by atoms with E-state index in [2.05, 4.69) is 145 Å². The van der Waals surface area contributed by atoms with E-state index in [9.17, 15) is 0 Å². The molecule has 4 heterocycles. The van der Waals surface area contributed by atoms with Crippen LogP contribution in [0.2, 0.25) is 0 Å². The molecule has 0 aliphatic carbocycles. The van der Waals surface area contributed by atoms with Gasteiger partial charge < -0.3 is 4.42 Å². The van der Waals surface area contributed by atoms with E-state index in [1.807, 2.05) is 18.2 Å². The molecular weight excluding hydrogens is 693 g/mol. The quantitative estimate of drug-likeness (QED) is 0.164. The van der Waals surface area contributed by atoms with Crippen molar-refractivity contribution < 1.29 is 4.42 Å². The number of para-hydroxylation sites is 2. The molecule has 0 unspecified atom stereocenters. The molecule has 0 amide bonds. The van der Waals surface area contributed by atoms with Crippen LogP contribution in [0.5, 0.6) is 0 Å². The van der Waals surface area contributed by atoms with Crippen LogP contribution in [0.15, 0.2) is 156 Å². The Labute approximate surface area is 321 Å². The van der Waals surface area contributed by atoms with Gasteiger partial charge in [0.2, 0.25) is 5.95 Å². The summed E-state index contributed by atoms with van der Waals surface area (Å²) in [6.07, 6.45) is 3.39. The summed E-state index contributed by atoms with van der Waals surface area (Å²) in [7, 11) is 0. The Balaban J connectivity index is 1.15. The van der Waals surface area contributed by atoms with E-state index < -0.39 is 0 Å². The fourth-order valence-corrected chi connectivity index (χ4v) is 9.40. The van der Waals surface area contributed by atoms with Gasteiger partial charge in [-0.05, 0) is 54.3 Å². The van der Waals surface area contributed by atoms with Gasteiger partial charge in [0.1, 0.15) is 11.2 Å². The molecule has 0 atom stereocenters. The average molecular weight is 727 g/mol. The number of hydrogen-bond donors (Lipinski definition) is 0. The van der Waals surface area contributed by atoms with Crippen molar-refractivity contribution in [2.45, 2.75) is 26.2 Å². The van der Waals surface area contributed by atoms with Gasteiger partial charge >= 0.3 is 0 Å². The van der Waals surface area contributed by atoms with Gasteiger partial charge in [0, 0.05) is 58.4 Å². The molecule has 0 N–H and O–H groups in total. The van der Waals surface area contributed by atoms with Crippen LogP contribution in [0.3, 0.4) is 0 Å². The van der Waals surface area contributed by atoms with Crippen molar-refractivity contribution in [3.8, 4) is 39.9 Å². The lowest BCUT2D eigenvalue weighted by Crippen LogP contribution is -2.06. The second kappa shape index (κ2) is 12.8. The summed E-state index contributed by atoms with van der Waals surface area (Å²) in [5.41, 5.74) is 9.26. The fraction of sp³-hybridized carbons (Fsp3) is 0.0816. The molecule has 0 radical (unpaired) electrons. The zero-order chi connectivity index (χ0) is 36.5. The molecule has 0 bridgehead atoms. The van der Waals surface area contributed by atoms with E-state index in [-0.39, 0.29) is 0 Å². The van der Waals surface area contributed by atoms with Crippen LogP contribution in [0.25, 0.3) is 104 Å². The Morgan fingerprint density at radius 1 is 0.545 bits per heavy atom. The number of unbranched alkanes of at least 4 members (excludes halogenated alkanes) is 1. The molecule has 262 valence electrons. The first-order valence-electron chi connectivity index (χ1n) is 18.9. The predicted octanol–water partition coefficient (Wildman–Crippen LogP) is 13.6. The van der Waals surface area contributed by atoms with E-state index in [0.717, 1.165) is 72.4 Å². The standard InChI is InChI=1S/C49H34N4OS/c1-2-3-13-30-24-26-36-38-19-11-18-33(45(38)54-43(36)28-30)32-25-27-35-34-16-7-9-22-41(34)53(42(35)29-32)49-51-47(31-14-5-4-6-15-31)50-48(52-49)40-21-12-20-39-37-17-8-10-23-44(37)55-46(39)40/h4-12,14-29H,2-3,13H2,1H3. The Hall–Kier alpha value is -6.63. The maximum absolute atomic E-state index is 6.69. The summed E-state index contributed by atoms with van der Waals surface area (Å²) in [6.45, 7) is 2.23. The zero-order valence-electron chi connectivity index (χ0n) is 30.2. The van der Waals surface area contributed by atoms with Gasteiger partial charge in [0.25, 0.3) is 0 Å². The second-order valence-electron chi connectivity index (χ2n) is 14.2. The highest BCUT2D eigenvalue weighted by molar-refractivity contribution is 7.26. The maximum Gasteiger partial charge on any atom is 0.238 e. The number of hydrogen-bond acceptors (Lipinski definition) is 5. The lowest BCUT2D eigenvalue weighted by Gasteiger charge is -2.12. The van der Waals surface area contributed by atoms with Crippen LogP contribution in [0, 0.1) is 0 Å². The van der Waals surface area contributed by atoms with Crippen molar-refractivity contribution in [3.63, 3.8) is 0 Å². The van der Waals surface area contributed by atoms with Gasteiger partial charge in [0.05, 0.1) is 11.0 Å². The molecular formula is C49H34N4OS. The molecule has 0 fully saturated rings. The molecule has 11 rings (SSSR count). The van der Waals surface area contributed by atoms with Crippen molar-refractivity contribution in [1.29, 1.82) is 0 Å². The summed E-state index contributed by atoms with van der Waals surface area (Å²) in [6, 6.07) is 53.6. The highest BCUT2D eigenvalue weighted by Crippen LogP contribution is 2.41. The van der Waals surface area contributed by atoms with Crippen LogP contribution < -0.4 is 0 Å². The van der Waals surface area contributed by atoms with Crippen LogP contribution in [0.4, 0.5) is 0 Å². The molecule has 55 heavy (non-hydrogen) atoms. The largest absolute Gasteiger partial charge is 0.455 e. The Bertz CT molecular complexity index is 3260. The van der Waals surface area contributed by atoms with Gasteiger partial charge in [-0.25, -0.2) is 4.98 Å². The lowest BCUT2D eigenvalue weighted by atomic mass is 10.0. The maximum atomic E-state index is 6.69. The Kier molecular flexibility index (Phi) is 7.39. The van der Waals surface area contributed by atoms with E-state index in [0.29, 0.717) is 17.6 Å². The lowest BCUT2D eigenvalue weighted by molar-refractivity contribution is 0.668. The van der Waals surface area contributed by atoms with Gasteiger partial charge in [0.15, 0.2) is 11.6 Å². The molecule has 0 aliphatic heterocycles. The van der Waals surface area contributed by atoms with Crippen LogP contribution in [-0.2, 0) is 6.42 Å². The number of aromatic nitrogens is 4. The van der Waals surface area contributed by atoms with Crippen molar-refractivity contribution in [1.82, 2.24) is 19.5 Å². The smallest absolute Gasteiger partial charge is 0.238 e. The van der Waals surface area contributed by atoms with E-state index in [1.165, 1.54) is 38.6 Å². The third-order valence-electron chi connectivity index (χ3n) is 10.9. The molecule has 7 aromatic carbocycles. The molecule has 0 spiro atoms. The minimum Gasteiger partial charge on any atom is -0.455 e. The van der Waals surface area contributed by atoms with Crippen molar-refractivity contribution in [2.75, 3.05) is 0 Å². The van der Waals surface area contributed by atoms with Crippen molar-refractivity contribution in [3.05, 3.63) is 157 Å². The molecule has 5 nitrogen and oxygen atoms in total. The van der Waals surface area contributed by atoms with E-state index in [4.69, 9.17) is 19.4 Å². The minimum absolute atomic E-state index is 0.576. The molecule has 4 aromatic heterocycles. The van der Waals surface area contributed by atoms with Gasteiger partial charge in [-0.3, -0.25) is 4.57 Å². The molecule has 6 heteroatoms. The fourth-order valence-electron chi connectivity index (χ4n) is 8.18. The van der Waals surface area contributed by atoms with Gasteiger partial charge in [-0.1, -0.05) is 135 Å². The molecule has 0 aliphatic rings. The summed E-state index contributed by atoms with van der Waals surface area (Å²) in [4.78, 5) is 15.7. The SMILES string of the molecule is CCCCc1ccc2c(c1)oc1c(-c3ccc4c5ccccc5n(-c5nc(-c6ccccc6)nc(-c6cccc7c6sc6ccccc67)n5)c4c3)cccc12. The van der Waals surface area contributed by atoms with Gasteiger partial charge in [-0.2, -0.15) is 9.97 Å². The van der Waals surface area contributed by atoms with E-state index in [1.54, 1.807) is 11.3 Å². The predicted molar refractivity (Wildman–Crippen MR) is 229 cm³/mol. The van der Waals surface area contributed by atoms with Crippen molar-refractivity contribution in [2.24, 2.45) is 0 Å². The number of rotatable bonds is 7. The Morgan fingerprint density at radius 2 is 1.27 bits per heavy atom. The first-order valence-corrected chi connectivity index (χ1v) is 19.7. The van der Waals surface area contributed by atoms with Gasteiger partial charge in [-0.15, -0.1) is 11.3 Å². The van der Waals surface area contributed by atoms with Crippen LogP contribution in [0.1, 0.15) is 25.3 Å².